The van der Waals surface area contributed by atoms with Gasteiger partial charge in [0.05, 0.1) is 0 Å². The van der Waals surface area contributed by atoms with Crippen LogP contribution in [-0.2, 0) is 28.6 Å². The first-order valence-electron chi connectivity index (χ1n) is 25.9. The van der Waals surface area contributed by atoms with Crippen molar-refractivity contribution in [3.05, 3.63) is 109 Å². The van der Waals surface area contributed by atoms with Crippen molar-refractivity contribution < 1.29 is 28.6 Å². The normalized spacial score (nSPS) is 13.0. The second-order valence-electron chi connectivity index (χ2n) is 16.7. The van der Waals surface area contributed by atoms with E-state index in [2.05, 4.69) is 118 Å². The lowest BCUT2D eigenvalue weighted by Crippen LogP contribution is -2.30. The number of carbonyl (C=O) groups excluding carboxylic acids is 3. The van der Waals surface area contributed by atoms with Gasteiger partial charge in [0.25, 0.3) is 0 Å². The summed E-state index contributed by atoms with van der Waals surface area (Å²) in [6, 6.07) is 0. The highest BCUT2D eigenvalue weighted by Gasteiger charge is 2.19. The number of carbonyl (C=O) groups is 3. The van der Waals surface area contributed by atoms with Crippen LogP contribution in [0.3, 0.4) is 0 Å². The molecule has 0 aliphatic heterocycles. The van der Waals surface area contributed by atoms with E-state index in [4.69, 9.17) is 14.2 Å². The molecule has 0 amide bonds. The maximum Gasteiger partial charge on any atom is 0.306 e. The summed E-state index contributed by atoms with van der Waals surface area (Å²) in [5.74, 6) is -1.03. The number of unbranched alkanes of at least 4 members (excludes halogenated alkanes) is 16. The summed E-state index contributed by atoms with van der Waals surface area (Å²) < 4.78 is 16.7. The molecule has 6 heteroatoms. The van der Waals surface area contributed by atoms with Gasteiger partial charge in [0.1, 0.15) is 13.2 Å². The summed E-state index contributed by atoms with van der Waals surface area (Å²) in [6.07, 6.45) is 69.4. The number of rotatable bonds is 45. The van der Waals surface area contributed by atoms with Crippen LogP contribution in [0.4, 0.5) is 0 Å². The highest BCUT2D eigenvalue weighted by Crippen LogP contribution is 2.12. The first kappa shape index (κ1) is 60.1. The van der Waals surface area contributed by atoms with Crippen LogP contribution in [0.1, 0.15) is 220 Å². The molecule has 1 atom stereocenters. The number of hydrogen-bond donors (Lipinski definition) is 0. The first-order valence-corrected chi connectivity index (χ1v) is 25.9. The summed E-state index contributed by atoms with van der Waals surface area (Å²) >= 11 is 0. The molecule has 0 spiro atoms. The Bertz CT molecular complexity index is 1340. The van der Waals surface area contributed by atoms with Crippen molar-refractivity contribution in [2.45, 2.75) is 226 Å². The molecule has 0 aliphatic carbocycles. The van der Waals surface area contributed by atoms with Crippen LogP contribution >= 0.6 is 0 Å². The van der Waals surface area contributed by atoms with Gasteiger partial charge in [-0.15, -0.1) is 0 Å². The lowest BCUT2D eigenvalue weighted by molar-refractivity contribution is -0.166. The van der Waals surface area contributed by atoms with Gasteiger partial charge in [-0.05, 0) is 109 Å². The van der Waals surface area contributed by atoms with Gasteiger partial charge >= 0.3 is 17.9 Å². The van der Waals surface area contributed by atoms with Crippen molar-refractivity contribution in [3.63, 3.8) is 0 Å². The highest BCUT2D eigenvalue weighted by molar-refractivity contribution is 5.71. The Morgan fingerprint density at radius 1 is 0.328 bits per heavy atom. The van der Waals surface area contributed by atoms with E-state index in [1.807, 2.05) is 12.2 Å². The van der Waals surface area contributed by atoms with Gasteiger partial charge in [-0.25, -0.2) is 0 Å². The Kier molecular flexibility index (Phi) is 48.5. The molecule has 362 valence electrons. The third kappa shape index (κ3) is 49.1. The number of hydrogen-bond acceptors (Lipinski definition) is 6. The van der Waals surface area contributed by atoms with Gasteiger partial charge in [0.2, 0.25) is 0 Å². The van der Waals surface area contributed by atoms with Gasteiger partial charge in [0, 0.05) is 19.3 Å². The fourth-order valence-electron chi connectivity index (χ4n) is 6.59. The predicted molar refractivity (Wildman–Crippen MR) is 274 cm³/mol. The monoisotopic (exact) mass is 887 g/mol. The molecule has 0 rings (SSSR count). The minimum absolute atomic E-state index is 0.113. The number of ether oxygens (including phenoxy) is 3. The minimum atomic E-state index is -0.820. The molecule has 0 bridgehead atoms. The summed E-state index contributed by atoms with van der Waals surface area (Å²) in [5, 5.41) is 0. The van der Waals surface area contributed by atoms with Crippen LogP contribution in [-0.4, -0.2) is 37.2 Å². The van der Waals surface area contributed by atoms with Crippen LogP contribution in [0.5, 0.6) is 0 Å². The Hall–Kier alpha value is -3.93. The fraction of sp³-hybridized carbons (Fsp3) is 0.638. The third-order valence-electron chi connectivity index (χ3n) is 10.5. The number of allylic oxidation sites excluding steroid dienone is 18. The second kappa shape index (κ2) is 51.7. The van der Waals surface area contributed by atoms with E-state index in [0.717, 1.165) is 116 Å². The maximum atomic E-state index is 12.8. The van der Waals surface area contributed by atoms with Crippen molar-refractivity contribution in [2.24, 2.45) is 0 Å². The van der Waals surface area contributed by atoms with Gasteiger partial charge in [0.15, 0.2) is 6.10 Å². The molecule has 0 saturated carbocycles. The van der Waals surface area contributed by atoms with Crippen LogP contribution in [0, 0.1) is 0 Å². The van der Waals surface area contributed by atoms with E-state index in [0.29, 0.717) is 19.3 Å². The van der Waals surface area contributed by atoms with Gasteiger partial charge in [-0.3, -0.25) is 14.4 Å². The fourth-order valence-corrected chi connectivity index (χ4v) is 6.59. The molecule has 0 aromatic carbocycles. The van der Waals surface area contributed by atoms with Gasteiger partial charge in [-0.1, -0.05) is 201 Å². The van der Waals surface area contributed by atoms with E-state index < -0.39 is 6.10 Å². The van der Waals surface area contributed by atoms with E-state index >= 15 is 0 Å². The van der Waals surface area contributed by atoms with Crippen molar-refractivity contribution in [3.8, 4) is 0 Å². The lowest BCUT2D eigenvalue weighted by Gasteiger charge is -2.18. The zero-order chi connectivity index (χ0) is 46.5. The van der Waals surface area contributed by atoms with Crippen LogP contribution in [0.2, 0.25) is 0 Å². The average molecular weight is 887 g/mol. The van der Waals surface area contributed by atoms with Crippen molar-refractivity contribution in [2.75, 3.05) is 13.2 Å². The number of esters is 3. The van der Waals surface area contributed by atoms with E-state index in [9.17, 15) is 14.4 Å². The molecular weight excluding hydrogens is 793 g/mol. The molecule has 0 radical (unpaired) electrons. The Morgan fingerprint density at radius 3 is 1.11 bits per heavy atom. The molecule has 0 N–H and O–H groups in total. The zero-order valence-corrected chi connectivity index (χ0v) is 41.3. The SMILES string of the molecule is CC/C=C\C/C=C\C/C=C\C/C=C\C/C=C\C/C=C\CCC(=O)OCC(COC(=O)CCCCCCC/C=C\CCCC)OC(=O)CCCCCCC/C=C\C/C=C\CCCCCC. The van der Waals surface area contributed by atoms with Gasteiger partial charge in [-0.2, -0.15) is 0 Å². The molecular formula is C58H94O6. The molecule has 1 unspecified atom stereocenters. The minimum Gasteiger partial charge on any atom is -0.462 e. The summed E-state index contributed by atoms with van der Waals surface area (Å²) in [4.78, 5) is 37.9. The van der Waals surface area contributed by atoms with Gasteiger partial charge < -0.3 is 14.2 Å². The second-order valence-corrected chi connectivity index (χ2v) is 16.7. The molecule has 0 aromatic rings. The van der Waals surface area contributed by atoms with Crippen molar-refractivity contribution in [1.29, 1.82) is 0 Å². The molecule has 0 heterocycles. The van der Waals surface area contributed by atoms with Crippen LogP contribution in [0.15, 0.2) is 109 Å². The van der Waals surface area contributed by atoms with E-state index in [1.165, 1.54) is 57.8 Å². The highest BCUT2D eigenvalue weighted by atomic mass is 16.6. The van der Waals surface area contributed by atoms with Crippen LogP contribution in [0.25, 0.3) is 0 Å². The predicted octanol–water partition coefficient (Wildman–Crippen LogP) is 17.1. The Labute approximate surface area is 393 Å². The Balaban J connectivity index is 4.53. The van der Waals surface area contributed by atoms with Crippen molar-refractivity contribution >= 4 is 17.9 Å². The molecule has 6 nitrogen and oxygen atoms in total. The standard InChI is InChI=1S/C58H94O6/c1-4-7-10-13-16-19-22-24-26-28-29-30-32-33-36-39-42-45-48-51-57(60)63-54-55(53-62-56(59)50-47-44-41-38-35-21-18-15-12-9-6-3)64-58(61)52-49-46-43-40-37-34-31-27-25-23-20-17-14-11-8-5-2/h7,10,15-16,18-20,23-24,26-27,29-31,33,36,42,45,55H,4-6,8-9,11-14,17,21-22,25,28,32,34-35,37-41,43-44,46-54H2,1-3H3/b10-7-,18-15-,19-16-,23-20-,26-24-,30-29-,31-27-,36-33-,45-42-. The topological polar surface area (TPSA) is 78.9 Å². The zero-order valence-electron chi connectivity index (χ0n) is 41.3. The smallest absolute Gasteiger partial charge is 0.306 e. The maximum absolute atomic E-state index is 12.8. The first-order chi connectivity index (χ1) is 31.5. The molecule has 0 aromatic heterocycles. The average Bonchev–Trinajstić information content (AvgIpc) is 3.29. The lowest BCUT2D eigenvalue weighted by atomic mass is 10.1. The Morgan fingerprint density at radius 2 is 0.656 bits per heavy atom. The third-order valence-corrected chi connectivity index (χ3v) is 10.5. The molecule has 64 heavy (non-hydrogen) atoms. The van der Waals surface area contributed by atoms with Crippen LogP contribution < -0.4 is 0 Å². The summed E-state index contributed by atoms with van der Waals surface area (Å²) in [7, 11) is 0. The largest absolute Gasteiger partial charge is 0.462 e. The van der Waals surface area contributed by atoms with E-state index in [-0.39, 0.29) is 37.5 Å². The molecule has 0 fully saturated rings. The van der Waals surface area contributed by atoms with Crippen molar-refractivity contribution in [1.82, 2.24) is 0 Å². The molecule has 0 saturated heterocycles. The van der Waals surface area contributed by atoms with E-state index in [1.54, 1.807) is 0 Å². The summed E-state index contributed by atoms with van der Waals surface area (Å²) in [5.41, 5.74) is 0. The quantitative estimate of drug-likeness (QED) is 0.0262. The molecule has 0 aliphatic rings. The summed E-state index contributed by atoms with van der Waals surface area (Å²) in [6.45, 7) is 6.37.